The zero-order chi connectivity index (χ0) is 15.4. The van der Waals surface area contributed by atoms with E-state index < -0.39 is 0 Å². The SMILES string of the molecule is CCOC(=O)c1sc(NC(=O)c2snnc2CC)cc1C. The van der Waals surface area contributed by atoms with Crippen LogP contribution in [0.5, 0.6) is 0 Å². The lowest BCUT2D eigenvalue weighted by molar-refractivity contribution is 0.0531. The first-order valence-corrected chi connectivity index (χ1v) is 8.05. The minimum absolute atomic E-state index is 0.251. The van der Waals surface area contributed by atoms with Crippen LogP contribution in [0.1, 0.15) is 44.4 Å². The van der Waals surface area contributed by atoms with Gasteiger partial charge in [-0.25, -0.2) is 4.79 Å². The number of esters is 1. The third kappa shape index (κ3) is 3.45. The van der Waals surface area contributed by atoms with Crippen molar-refractivity contribution in [2.75, 3.05) is 11.9 Å². The number of carbonyl (C=O) groups excluding carboxylic acids is 2. The van der Waals surface area contributed by atoms with Gasteiger partial charge in [0, 0.05) is 0 Å². The number of thiophene rings is 1. The zero-order valence-corrected chi connectivity index (χ0v) is 13.6. The molecule has 1 N–H and O–H groups in total. The van der Waals surface area contributed by atoms with Crippen molar-refractivity contribution in [3.8, 4) is 0 Å². The second-order valence-electron chi connectivity index (χ2n) is 4.20. The lowest BCUT2D eigenvalue weighted by atomic mass is 10.3. The van der Waals surface area contributed by atoms with Crippen LogP contribution in [0.2, 0.25) is 0 Å². The van der Waals surface area contributed by atoms with Gasteiger partial charge >= 0.3 is 5.97 Å². The van der Waals surface area contributed by atoms with Crippen LogP contribution in [0.3, 0.4) is 0 Å². The molecule has 0 atom stereocenters. The third-order valence-electron chi connectivity index (χ3n) is 2.71. The van der Waals surface area contributed by atoms with E-state index in [9.17, 15) is 9.59 Å². The molecule has 0 aliphatic carbocycles. The van der Waals surface area contributed by atoms with E-state index in [0.29, 0.717) is 33.5 Å². The number of anilines is 1. The number of hydrogen-bond acceptors (Lipinski definition) is 7. The second-order valence-corrected chi connectivity index (χ2v) is 6.01. The summed E-state index contributed by atoms with van der Waals surface area (Å²) in [6, 6.07) is 1.76. The molecule has 0 saturated carbocycles. The van der Waals surface area contributed by atoms with E-state index in [1.165, 1.54) is 11.3 Å². The quantitative estimate of drug-likeness (QED) is 0.855. The Balaban J connectivity index is 2.15. The summed E-state index contributed by atoms with van der Waals surface area (Å²) in [5, 5.41) is 7.30. The number of amides is 1. The van der Waals surface area contributed by atoms with Crippen LogP contribution in [0.15, 0.2) is 6.07 Å². The molecule has 0 unspecified atom stereocenters. The number of rotatable bonds is 5. The summed E-state index contributed by atoms with van der Waals surface area (Å²) in [5.74, 6) is -0.618. The molecule has 6 nitrogen and oxygen atoms in total. The molecule has 0 fully saturated rings. The summed E-state index contributed by atoms with van der Waals surface area (Å²) < 4.78 is 8.77. The molecule has 21 heavy (non-hydrogen) atoms. The first-order valence-electron chi connectivity index (χ1n) is 6.46. The topological polar surface area (TPSA) is 81.2 Å². The summed E-state index contributed by atoms with van der Waals surface area (Å²) in [6.07, 6.45) is 0.650. The molecule has 112 valence electrons. The second kappa shape index (κ2) is 6.77. The minimum atomic E-state index is -0.366. The average Bonchev–Trinajstić information content (AvgIpc) is 3.05. The molecule has 0 aliphatic rings. The highest BCUT2D eigenvalue weighted by atomic mass is 32.1. The van der Waals surface area contributed by atoms with E-state index in [2.05, 4.69) is 14.9 Å². The molecule has 0 aliphatic heterocycles. The van der Waals surface area contributed by atoms with Crippen LogP contribution < -0.4 is 5.32 Å². The summed E-state index contributed by atoms with van der Waals surface area (Å²) >= 11 is 2.27. The van der Waals surface area contributed by atoms with E-state index in [-0.39, 0.29) is 11.9 Å². The fourth-order valence-corrected chi connectivity index (χ4v) is 3.33. The van der Waals surface area contributed by atoms with E-state index >= 15 is 0 Å². The Kier molecular flexibility index (Phi) is 5.03. The number of aryl methyl sites for hydroxylation is 2. The minimum Gasteiger partial charge on any atom is -0.462 e. The van der Waals surface area contributed by atoms with Gasteiger partial charge in [-0.2, -0.15) is 0 Å². The van der Waals surface area contributed by atoms with E-state index in [0.717, 1.165) is 17.1 Å². The van der Waals surface area contributed by atoms with Gasteiger partial charge in [0.2, 0.25) is 0 Å². The lowest BCUT2D eigenvalue weighted by Crippen LogP contribution is -2.11. The van der Waals surface area contributed by atoms with Crippen molar-refractivity contribution in [2.24, 2.45) is 0 Å². The van der Waals surface area contributed by atoms with Gasteiger partial charge in [0.05, 0.1) is 17.3 Å². The van der Waals surface area contributed by atoms with Crippen molar-refractivity contribution in [1.29, 1.82) is 0 Å². The van der Waals surface area contributed by atoms with Gasteiger partial charge in [0.25, 0.3) is 5.91 Å². The molecule has 0 saturated heterocycles. The van der Waals surface area contributed by atoms with Gasteiger partial charge in [-0.05, 0) is 43.4 Å². The Hall–Kier alpha value is -1.80. The molecule has 0 aromatic carbocycles. The normalized spacial score (nSPS) is 10.4. The van der Waals surface area contributed by atoms with Gasteiger partial charge in [-0.15, -0.1) is 16.4 Å². The predicted molar refractivity (Wildman–Crippen MR) is 82.3 cm³/mol. The molecule has 2 heterocycles. The van der Waals surface area contributed by atoms with Crippen molar-refractivity contribution in [3.63, 3.8) is 0 Å². The molecule has 2 aromatic rings. The number of nitrogens with one attached hydrogen (secondary N) is 1. The van der Waals surface area contributed by atoms with E-state index in [4.69, 9.17) is 4.74 Å². The Bertz CT molecular complexity index is 663. The van der Waals surface area contributed by atoms with Crippen LogP contribution in [-0.4, -0.2) is 28.1 Å². The van der Waals surface area contributed by atoms with Crippen molar-refractivity contribution in [1.82, 2.24) is 9.59 Å². The van der Waals surface area contributed by atoms with Crippen LogP contribution >= 0.6 is 22.9 Å². The number of hydrogen-bond donors (Lipinski definition) is 1. The van der Waals surface area contributed by atoms with Crippen molar-refractivity contribution >= 4 is 39.7 Å². The third-order valence-corrected chi connectivity index (χ3v) is 4.61. The largest absolute Gasteiger partial charge is 0.462 e. The maximum Gasteiger partial charge on any atom is 0.348 e. The summed E-state index contributed by atoms with van der Waals surface area (Å²) in [6.45, 7) is 5.81. The Morgan fingerprint density at radius 1 is 1.33 bits per heavy atom. The number of nitrogens with zero attached hydrogens (tertiary/aromatic N) is 2. The average molecular weight is 325 g/mol. The van der Waals surface area contributed by atoms with Crippen LogP contribution in [-0.2, 0) is 11.2 Å². The predicted octanol–water partition coefficient (Wildman–Crippen LogP) is 2.90. The number of ether oxygens (including phenoxy) is 1. The molecule has 0 radical (unpaired) electrons. The lowest BCUT2D eigenvalue weighted by Gasteiger charge is -2.00. The van der Waals surface area contributed by atoms with E-state index in [1.54, 1.807) is 13.0 Å². The van der Waals surface area contributed by atoms with Crippen molar-refractivity contribution in [2.45, 2.75) is 27.2 Å². The monoisotopic (exact) mass is 325 g/mol. The smallest absolute Gasteiger partial charge is 0.348 e. The Labute approximate surface area is 130 Å². The zero-order valence-electron chi connectivity index (χ0n) is 11.9. The molecule has 1 amide bonds. The Morgan fingerprint density at radius 2 is 2.10 bits per heavy atom. The fourth-order valence-electron chi connectivity index (χ4n) is 1.72. The van der Waals surface area contributed by atoms with Crippen LogP contribution in [0, 0.1) is 6.92 Å². The highest BCUT2D eigenvalue weighted by Gasteiger charge is 2.19. The molecular formula is C13H15N3O3S2. The highest BCUT2D eigenvalue weighted by Crippen LogP contribution is 2.28. The molecule has 0 bridgehead atoms. The van der Waals surface area contributed by atoms with Crippen molar-refractivity contribution < 1.29 is 14.3 Å². The van der Waals surface area contributed by atoms with Crippen LogP contribution in [0.25, 0.3) is 0 Å². The first kappa shape index (κ1) is 15.6. The summed E-state index contributed by atoms with van der Waals surface area (Å²) in [4.78, 5) is 24.9. The Morgan fingerprint density at radius 3 is 2.76 bits per heavy atom. The van der Waals surface area contributed by atoms with Gasteiger partial charge in [0.15, 0.2) is 0 Å². The van der Waals surface area contributed by atoms with Gasteiger partial charge < -0.3 is 10.1 Å². The number of carbonyl (C=O) groups is 2. The highest BCUT2D eigenvalue weighted by molar-refractivity contribution is 7.18. The van der Waals surface area contributed by atoms with Gasteiger partial charge in [-0.3, -0.25) is 4.79 Å². The van der Waals surface area contributed by atoms with E-state index in [1.807, 2.05) is 13.8 Å². The van der Waals surface area contributed by atoms with Crippen molar-refractivity contribution in [3.05, 3.63) is 27.1 Å². The standard InChI is InChI=1S/C13H15N3O3S2/c1-4-8-11(21-16-15-8)12(17)14-9-6-7(3)10(20-9)13(18)19-5-2/h6H,4-5H2,1-3H3,(H,14,17). The van der Waals surface area contributed by atoms with Gasteiger partial charge in [-0.1, -0.05) is 11.4 Å². The molecule has 8 heteroatoms. The molecular weight excluding hydrogens is 310 g/mol. The molecule has 2 rings (SSSR count). The number of aromatic nitrogens is 2. The maximum absolute atomic E-state index is 12.2. The van der Waals surface area contributed by atoms with Crippen LogP contribution in [0.4, 0.5) is 5.00 Å². The summed E-state index contributed by atoms with van der Waals surface area (Å²) in [5.41, 5.74) is 1.46. The maximum atomic E-state index is 12.2. The molecule has 2 aromatic heterocycles. The van der Waals surface area contributed by atoms with Gasteiger partial charge in [0.1, 0.15) is 9.75 Å². The fraction of sp³-hybridized carbons (Fsp3) is 0.385. The summed E-state index contributed by atoms with van der Waals surface area (Å²) in [7, 11) is 0. The molecule has 0 spiro atoms. The first-order chi connectivity index (χ1) is 10.1.